The van der Waals surface area contributed by atoms with E-state index in [1.54, 1.807) is 20.2 Å². The van der Waals surface area contributed by atoms with E-state index in [2.05, 4.69) is 10.6 Å². The molecule has 1 fully saturated rings. The number of aliphatic hydroxyl groups is 1. The maximum Gasteiger partial charge on any atom is 0.257 e. The molecule has 0 aliphatic heterocycles. The van der Waals surface area contributed by atoms with Crippen LogP contribution >= 0.6 is 0 Å². The van der Waals surface area contributed by atoms with Gasteiger partial charge in [-0.3, -0.25) is 14.4 Å². The van der Waals surface area contributed by atoms with Crippen LogP contribution in [0.1, 0.15) is 36.0 Å². The monoisotopic (exact) mass is 387 g/mol. The molecule has 2 aromatic rings. The van der Waals surface area contributed by atoms with Gasteiger partial charge in [-0.15, -0.1) is 0 Å². The number of anilines is 3. The van der Waals surface area contributed by atoms with Gasteiger partial charge in [-0.25, -0.2) is 0 Å². The molecule has 150 valence electrons. The second kappa shape index (κ2) is 8.02. The largest absolute Gasteiger partial charge is 0.505 e. The Kier molecular flexibility index (Phi) is 5.69. The quantitative estimate of drug-likeness (QED) is 0.437. The third-order valence-electron chi connectivity index (χ3n) is 5.32. The maximum atomic E-state index is 12.2. The second-order valence-electron chi connectivity index (χ2n) is 7.41. The van der Waals surface area contributed by atoms with E-state index in [-0.39, 0.29) is 52.8 Å². The summed E-state index contributed by atoms with van der Waals surface area (Å²) in [6, 6.07) is 4.51. The minimum Gasteiger partial charge on any atom is -0.505 e. The van der Waals surface area contributed by atoms with E-state index in [1.165, 1.54) is 17.0 Å². The number of carbonyl (C=O) groups excluding carboxylic acids is 1. The molecule has 0 radical (unpaired) electrons. The van der Waals surface area contributed by atoms with Crippen LogP contribution in [0.2, 0.25) is 0 Å². The molecular weight excluding hydrogens is 362 g/mol. The summed E-state index contributed by atoms with van der Waals surface area (Å²) in [5.74, 6) is -0.635. The van der Waals surface area contributed by atoms with Gasteiger partial charge in [-0.1, -0.05) is 18.9 Å². The molecule has 1 aliphatic rings. The van der Waals surface area contributed by atoms with Crippen LogP contribution in [-0.2, 0) is 0 Å². The van der Waals surface area contributed by atoms with Crippen molar-refractivity contribution >= 4 is 23.0 Å². The fourth-order valence-electron chi connectivity index (χ4n) is 3.64. The number of carbonyl (C=O) groups is 1. The summed E-state index contributed by atoms with van der Waals surface area (Å²) in [6.45, 7) is 0.0192. The Balaban J connectivity index is 1.86. The lowest BCUT2D eigenvalue weighted by atomic mass is 9.84. The van der Waals surface area contributed by atoms with Crippen LogP contribution in [0.25, 0.3) is 0 Å². The first-order chi connectivity index (χ1) is 13.3. The Hall–Kier alpha value is -2.87. The number of nitrogens with one attached hydrogen (secondary N) is 2. The summed E-state index contributed by atoms with van der Waals surface area (Å²) in [4.78, 5) is 37.7. The summed E-state index contributed by atoms with van der Waals surface area (Å²) >= 11 is 0. The maximum absolute atomic E-state index is 12.2. The van der Waals surface area contributed by atoms with Crippen LogP contribution in [0.3, 0.4) is 0 Å². The number of hydrogen-bond donors (Lipinski definition) is 4. The van der Waals surface area contributed by atoms with E-state index in [1.807, 2.05) is 0 Å². The van der Waals surface area contributed by atoms with Crippen molar-refractivity contribution in [3.05, 3.63) is 44.2 Å². The number of hydrogen-bond acceptors (Lipinski definition) is 7. The molecule has 8 nitrogen and oxygen atoms in total. The van der Waals surface area contributed by atoms with E-state index in [4.69, 9.17) is 0 Å². The van der Waals surface area contributed by atoms with Crippen LogP contribution < -0.4 is 21.5 Å². The fourth-order valence-corrected chi connectivity index (χ4v) is 3.64. The number of phenols is 1. The zero-order valence-electron chi connectivity index (χ0n) is 16.0. The Morgan fingerprint density at radius 1 is 1.14 bits per heavy atom. The van der Waals surface area contributed by atoms with Crippen molar-refractivity contribution in [2.45, 2.75) is 31.7 Å². The van der Waals surface area contributed by atoms with Crippen LogP contribution in [0.4, 0.5) is 17.1 Å². The molecular formula is C20H25N3O5. The van der Waals surface area contributed by atoms with Gasteiger partial charge in [0.05, 0.1) is 11.3 Å². The average Bonchev–Trinajstić information content (AvgIpc) is 2.71. The first-order valence-corrected chi connectivity index (χ1v) is 9.36. The number of aliphatic hydroxyl groups excluding tert-OH is 1. The molecule has 0 saturated heterocycles. The minimum absolute atomic E-state index is 0.0192. The third kappa shape index (κ3) is 3.60. The highest BCUT2D eigenvalue weighted by atomic mass is 16.3. The predicted octanol–water partition coefficient (Wildman–Crippen LogP) is 1.40. The van der Waals surface area contributed by atoms with Crippen LogP contribution in [0.5, 0.6) is 5.75 Å². The molecule has 0 unspecified atom stereocenters. The van der Waals surface area contributed by atoms with Crippen molar-refractivity contribution in [3.8, 4) is 5.75 Å². The van der Waals surface area contributed by atoms with E-state index in [0.717, 1.165) is 25.7 Å². The van der Waals surface area contributed by atoms with E-state index < -0.39 is 10.9 Å². The SMILES string of the molecule is CN(C)C(=O)c1cccc(Nc2c(N[C@H]3CCCC[C@@H]3CO)c(=O)c2=O)c1O. The van der Waals surface area contributed by atoms with Crippen molar-refractivity contribution < 1.29 is 15.0 Å². The number of para-hydroxylation sites is 1. The third-order valence-corrected chi connectivity index (χ3v) is 5.32. The minimum atomic E-state index is -0.678. The molecule has 1 amide bonds. The number of nitrogens with zero attached hydrogens (tertiary/aromatic N) is 1. The predicted molar refractivity (Wildman–Crippen MR) is 107 cm³/mol. The number of phenolic OH excluding ortho intramolecular Hbond substituents is 1. The summed E-state index contributed by atoms with van der Waals surface area (Å²) in [5, 5.41) is 25.9. The molecule has 2 aromatic carbocycles. The lowest BCUT2D eigenvalue weighted by Crippen LogP contribution is -2.42. The normalized spacial score (nSPS) is 19.4. The van der Waals surface area contributed by atoms with Crippen molar-refractivity contribution in [2.24, 2.45) is 5.92 Å². The van der Waals surface area contributed by atoms with Crippen molar-refractivity contribution in [2.75, 3.05) is 31.3 Å². The number of benzene rings is 1. The highest BCUT2D eigenvalue weighted by Gasteiger charge is 2.29. The Morgan fingerprint density at radius 2 is 1.82 bits per heavy atom. The molecule has 4 N–H and O–H groups in total. The van der Waals surface area contributed by atoms with Gasteiger partial charge in [0.25, 0.3) is 16.8 Å². The molecule has 0 spiro atoms. The van der Waals surface area contributed by atoms with Crippen molar-refractivity contribution in [1.82, 2.24) is 4.90 Å². The Labute approximate surface area is 162 Å². The van der Waals surface area contributed by atoms with Crippen LogP contribution in [-0.4, -0.2) is 47.8 Å². The first-order valence-electron chi connectivity index (χ1n) is 9.36. The van der Waals surface area contributed by atoms with Crippen molar-refractivity contribution in [1.29, 1.82) is 0 Å². The highest BCUT2D eigenvalue weighted by Crippen LogP contribution is 2.33. The first kappa shape index (κ1) is 19.9. The van der Waals surface area contributed by atoms with Gasteiger partial charge in [0.15, 0.2) is 5.75 Å². The van der Waals surface area contributed by atoms with Gasteiger partial charge in [0.2, 0.25) is 0 Å². The van der Waals surface area contributed by atoms with Gasteiger partial charge in [0, 0.05) is 32.7 Å². The summed E-state index contributed by atoms with van der Waals surface area (Å²) < 4.78 is 0. The van der Waals surface area contributed by atoms with Gasteiger partial charge in [0.1, 0.15) is 11.4 Å². The number of aromatic hydroxyl groups is 1. The topological polar surface area (TPSA) is 119 Å². The summed E-state index contributed by atoms with van der Waals surface area (Å²) in [5.41, 5.74) is -0.801. The van der Waals surface area contributed by atoms with Gasteiger partial charge < -0.3 is 25.7 Å². The smallest absolute Gasteiger partial charge is 0.257 e. The van der Waals surface area contributed by atoms with Gasteiger partial charge in [-0.2, -0.15) is 0 Å². The molecule has 0 heterocycles. The average molecular weight is 387 g/mol. The second-order valence-corrected chi connectivity index (χ2v) is 7.41. The number of amides is 1. The van der Waals surface area contributed by atoms with E-state index >= 15 is 0 Å². The Bertz CT molecular complexity index is 946. The molecule has 3 rings (SSSR count). The lowest BCUT2D eigenvalue weighted by molar-refractivity contribution is 0.0824. The molecule has 8 heteroatoms. The molecule has 1 aliphatic carbocycles. The summed E-state index contributed by atoms with van der Waals surface area (Å²) in [7, 11) is 3.14. The van der Waals surface area contributed by atoms with Gasteiger partial charge in [-0.05, 0) is 25.0 Å². The lowest BCUT2D eigenvalue weighted by Gasteiger charge is -2.32. The number of rotatable bonds is 6. The van der Waals surface area contributed by atoms with Crippen molar-refractivity contribution in [3.63, 3.8) is 0 Å². The van der Waals surface area contributed by atoms with E-state index in [0.29, 0.717) is 0 Å². The zero-order valence-corrected chi connectivity index (χ0v) is 16.0. The molecule has 0 aromatic heterocycles. The van der Waals surface area contributed by atoms with Crippen LogP contribution in [0.15, 0.2) is 27.8 Å². The van der Waals surface area contributed by atoms with Crippen LogP contribution in [0, 0.1) is 5.92 Å². The molecule has 28 heavy (non-hydrogen) atoms. The Morgan fingerprint density at radius 3 is 2.50 bits per heavy atom. The molecule has 0 bridgehead atoms. The molecule has 2 atom stereocenters. The molecule has 1 saturated carbocycles. The van der Waals surface area contributed by atoms with Gasteiger partial charge >= 0.3 is 0 Å². The summed E-state index contributed by atoms with van der Waals surface area (Å²) in [6.07, 6.45) is 3.69. The highest BCUT2D eigenvalue weighted by molar-refractivity contribution is 5.99. The zero-order chi connectivity index (χ0) is 20.4. The van der Waals surface area contributed by atoms with E-state index in [9.17, 15) is 24.6 Å². The standard InChI is InChI=1S/C20H25N3O5/c1-23(2)20(28)12-7-5-9-14(17(12)25)22-16-15(18(26)19(16)27)21-13-8-4-3-6-11(13)10-24/h5,7,9,11,13,21-22,24-25H,3-4,6,8,10H2,1-2H3/t11-,13+/m1/s1. The fraction of sp³-hybridized carbons (Fsp3) is 0.450.